The van der Waals surface area contributed by atoms with E-state index >= 15 is 0 Å². The van der Waals surface area contributed by atoms with Crippen molar-refractivity contribution in [1.82, 2.24) is 14.8 Å². The molecule has 1 aromatic heterocycles. The third kappa shape index (κ3) is 2.22. The molecule has 17 heavy (non-hydrogen) atoms. The highest BCUT2D eigenvalue weighted by Crippen LogP contribution is 2.46. The van der Waals surface area contributed by atoms with E-state index in [4.69, 9.17) is 11.6 Å². The van der Waals surface area contributed by atoms with Crippen LogP contribution in [0.1, 0.15) is 70.2 Å². The van der Waals surface area contributed by atoms with Crippen molar-refractivity contribution in [2.45, 2.75) is 64.3 Å². The molecule has 0 bridgehead atoms. The Labute approximate surface area is 108 Å². The number of hydrogen-bond donors (Lipinski definition) is 0. The molecule has 4 heteroatoms. The van der Waals surface area contributed by atoms with Gasteiger partial charge >= 0.3 is 0 Å². The normalized spacial score (nSPS) is 28.3. The van der Waals surface area contributed by atoms with Crippen LogP contribution in [0.4, 0.5) is 0 Å². The lowest BCUT2D eigenvalue weighted by Crippen LogP contribution is -2.26. The fraction of sp³-hybridized carbons (Fsp3) is 0.846. The molecular weight excluding hydrogens is 234 g/mol. The van der Waals surface area contributed by atoms with Crippen molar-refractivity contribution < 1.29 is 0 Å². The minimum atomic E-state index is 0.428. The van der Waals surface area contributed by atoms with Gasteiger partial charge in [-0.3, -0.25) is 4.57 Å². The molecule has 0 aromatic carbocycles. The molecule has 2 saturated carbocycles. The molecular formula is C13H20ClN3. The van der Waals surface area contributed by atoms with E-state index < -0.39 is 0 Å². The van der Waals surface area contributed by atoms with E-state index in [9.17, 15) is 0 Å². The zero-order valence-electron chi connectivity index (χ0n) is 10.6. The summed E-state index contributed by atoms with van der Waals surface area (Å²) >= 11 is 6.23. The highest BCUT2D eigenvalue weighted by atomic mass is 35.5. The lowest BCUT2D eigenvalue weighted by atomic mass is 9.75. The van der Waals surface area contributed by atoms with E-state index in [0.29, 0.717) is 22.7 Å². The SMILES string of the molecule is CC1(C)CCCC(n2c(Cl)nnc2C2CC2)C1. The van der Waals surface area contributed by atoms with Crippen LogP contribution in [-0.4, -0.2) is 14.8 Å². The van der Waals surface area contributed by atoms with Crippen LogP contribution in [0.25, 0.3) is 0 Å². The molecule has 0 radical (unpaired) electrons. The summed E-state index contributed by atoms with van der Waals surface area (Å²) < 4.78 is 2.22. The Hall–Kier alpha value is -0.570. The number of rotatable bonds is 2. The zero-order chi connectivity index (χ0) is 12.0. The largest absolute Gasteiger partial charge is 0.298 e. The quantitative estimate of drug-likeness (QED) is 0.799. The molecule has 1 aromatic rings. The van der Waals surface area contributed by atoms with Gasteiger partial charge in [-0.05, 0) is 49.1 Å². The topological polar surface area (TPSA) is 30.7 Å². The summed E-state index contributed by atoms with van der Waals surface area (Å²) in [5.41, 5.74) is 0.428. The van der Waals surface area contributed by atoms with Gasteiger partial charge in [0.15, 0.2) is 0 Å². The van der Waals surface area contributed by atoms with Crippen LogP contribution in [0.5, 0.6) is 0 Å². The van der Waals surface area contributed by atoms with Gasteiger partial charge in [-0.2, -0.15) is 0 Å². The standard InChI is InChI=1S/C13H20ClN3/c1-13(2)7-3-4-10(8-13)17-11(9-5-6-9)15-16-12(17)14/h9-10H,3-8H2,1-2H3. The summed E-state index contributed by atoms with van der Waals surface area (Å²) in [6, 6.07) is 0.511. The Balaban J connectivity index is 1.89. The fourth-order valence-electron chi connectivity index (χ4n) is 3.12. The van der Waals surface area contributed by atoms with Crippen molar-refractivity contribution in [2.24, 2.45) is 5.41 Å². The number of nitrogens with zero attached hydrogens (tertiary/aromatic N) is 3. The van der Waals surface area contributed by atoms with E-state index in [1.54, 1.807) is 0 Å². The average molecular weight is 254 g/mol. The fourth-order valence-corrected chi connectivity index (χ4v) is 3.38. The van der Waals surface area contributed by atoms with Gasteiger partial charge < -0.3 is 0 Å². The number of aromatic nitrogens is 3. The average Bonchev–Trinajstić information content (AvgIpc) is 3.01. The lowest BCUT2D eigenvalue weighted by molar-refractivity contribution is 0.181. The highest BCUT2D eigenvalue weighted by Gasteiger charge is 2.35. The third-order valence-electron chi connectivity index (χ3n) is 4.17. The molecule has 1 atom stereocenters. The summed E-state index contributed by atoms with van der Waals surface area (Å²) in [7, 11) is 0. The van der Waals surface area contributed by atoms with Crippen molar-refractivity contribution >= 4 is 11.6 Å². The molecule has 0 amide bonds. The van der Waals surface area contributed by atoms with Crippen LogP contribution in [0.2, 0.25) is 5.28 Å². The second-order valence-electron chi connectivity index (χ2n) is 6.39. The van der Waals surface area contributed by atoms with E-state index in [-0.39, 0.29) is 0 Å². The molecule has 3 nitrogen and oxygen atoms in total. The van der Waals surface area contributed by atoms with Gasteiger partial charge in [-0.1, -0.05) is 20.3 Å². The third-order valence-corrected chi connectivity index (χ3v) is 4.43. The maximum absolute atomic E-state index is 6.23. The molecule has 0 spiro atoms. The molecule has 1 unspecified atom stereocenters. The molecule has 2 aliphatic carbocycles. The van der Waals surface area contributed by atoms with Crippen molar-refractivity contribution in [3.63, 3.8) is 0 Å². The van der Waals surface area contributed by atoms with Crippen molar-refractivity contribution in [3.05, 3.63) is 11.1 Å². The first-order valence-electron chi connectivity index (χ1n) is 6.67. The summed E-state index contributed by atoms with van der Waals surface area (Å²) in [5.74, 6) is 1.76. The first-order valence-corrected chi connectivity index (χ1v) is 7.05. The van der Waals surface area contributed by atoms with Crippen LogP contribution in [0.3, 0.4) is 0 Å². The second-order valence-corrected chi connectivity index (χ2v) is 6.72. The molecule has 94 valence electrons. The van der Waals surface area contributed by atoms with Gasteiger partial charge in [0.2, 0.25) is 5.28 Å². The van der Waals surface area contributed by atoms with Crippen LogP contribution < -0.4 is 0 Å². The van der Waals surface area contributed by atoms with Crippen LogP contribution in [0, 0.1) is 5.41 Å². The van der Waals surface area contributed by atoms with E-state index in [0.717, 1.165) is 5.82 Å². The monoisotopic (exact) mass is 253 g/mol. The minimum absolute atomic E-state index is 0.428. The van der Waals surface area contributed by atoms with Crippen LogP contribution in [0.15, 0.2) is 0 Å². The number of halogens is 1. The number of hydrogen-bond acceptors (Lipinski definition) is 2. The maximum atomic E-state index is 6.23. The summed E-state index contributed by atoms with van der Waals surface area (Å²) in [5, 5.41) is 8.95. The van der Waals surface area contributed by atoms with Crippen molar-refractivity contribution in [3.8, 4) is 0 Å². The van der Waals surface area contributed by atoms with Gasteiger partial charge in [0.05, 0.1) is 0 Å². The van der Waals surface area contributed by atoms with Gasteiger partial charge in [-0.25, -0.2) is 0 Å². The highest BCUT2D eigenvalue weighted by molar-refractivity contribution is 6.28. The first kappa shape index (κ1) is 11.5. The van der Waals surface area contributed by atoms with E-state index in [1.165, 1.54) is 38.5 Å². The Bertz CT molecular complexity index is 420. The van der Waals surface area contributed by atoms with E-state index in [2.05, 4.69) is 28.6 Å². The van der Waals surface area contributed by atoms with Gasteiger partial charge in [0, 0.05) is 12.0 Å². The van der Waals surface area contributed by atoms with Gasteiger partial charge in [-0.15, -0.1) is 10.2 Å². The predicted octanol–water partition coefficient (Wildman–Crippen LogP) is 3.95. The summed E-state index contributed by atoms with van der Waals surface area (Å²) in [4.78, 5) is 0. The second kappa shape index (κ2) is 3.98. The van der Waals surface area contributed by atoms with Gasteiger partial charge in [0.25, 0.3) is 0 Å². The predicted molar refractivity (Wildman–Crippen MR) is 68.3 cm³/mol. The van der Waals surface area contributed by atoms with E-state index in [1.807, 2.05) is 0 Å². The molecule has 2 aliphatic rings. The molecule has 0 saturated heterocycles. The Kier molecular flexibility index (Phi) is 2.69. The molecule has 1 heterocycles. The van der Waals surface area contributed by atoms with Crippen LogP contribution >= 0.6 is 11.6 Å². The molecule has 0 N–H and O–H groups in total. The smallest absolute Gasteiger partial charge is 0.225 e. The van der Waals surface area contributed by atoms with Gasteiger partial charge in [0.1, 0.15) is 5.82 Å². The maximum Gasteiger partial charge on any atom is 0.225 e. The van der Waals surface area contributed by atoms with Crippen molar-refractivity contribution in [2.75, 3.05) is 0 Å². The zero-order valence-corrected chi connectivity index (χ0v) is 11.4. The molecule has 2 fully saturated rings. The summed E-state index contributed by atoms with van der Waals surface area (Å²) in [6.07, 6.45) is 7.54. The Morgan fingerprint density at radius 2 is 2.00 bits per heavy atom. The summed E-state index contributed by atoms with van der Waals surface area (Å²) in [6.45, 7) is 4.71. The van der Waals surface area contributed by atoms with Crippen LogP contribution in [-0.2, 0) is 0 Å². The molecule has 3 rings (SSSR count). The Morgan fingerprint density at radius 3 is 2.65 bits per heavy atom. The minimum Gasteiger partial charge on any atom is -0.298 e. The van der Waals surface area contributed by atoms with Crippen molar-refractivity contribution in [1.29, 1.82) is 0 Å². The molecule has 0 aliphatic heterocycles. The lowest BCUT2D eigenvalue weighted by Gasteiger charge is -2.36. The Morgan fingerprint density at radius 1 is 1.24 bits per heavy atom. The first-order chi connectivity index (χ1) is 8.07.